The Hall–Kier alpha value is -2.75. The van der Waals surface area contributed by atoms with E-state index in [4.69, 9.17) is 14.2 Å². The van der Waals surface area contributed by atoms with Crippen LogP contribution in [-0.2, 0) is 6.42 Å². The summed E-state index contributed by atoms with van der Waals surface area (Å²) < 4.78 is 19.0. The summed E-state index contributed by atoms with van der Waals surface area (Å²) in [4.78, 5) is 13.7. The summed E-state index contributed by atoms with van der Waals surface area (Å²) in [6.45, 7) is 15.1. The molecule has 0 spiro atoms. The van der Waals surface area contributed by atoms with Gasteiger partial charge >= 0.3 is 0 Å². The van der Waals surface area contributed by atoms with Crippen molar-refractivity contribution in [3.8, 4) is 17.2 Å². The summed E-state index contributed by atoms with van der Waals surface area (Å²) in [5.41, 5.74) is 2.68. The molecule has 0 aromatic heterocycles. The van der Waals surface area contributed by atoms with Crippen LogP contribution in [0.5, 0.6) is 17.2 Å². The molecule has 0 aliphatic rings. The molecule has 0 fully saturated rings. The third kappa shape index (κ3) is 10.4. The molecule has 0 radical (unpaired) electrons. The third-order valence-electron chi connectivity index (χ3n) is 7.20. The van der Waals surface area contributed by atoms with Crippen LogP contribution in [-0.4, -0.2) is 24.1 Å². The number of carbonyl (C=O) groups is 1. The summed E-state index contributed by atoms with van der Waals surface area (Å²) in [6, 6.07) is 12.0. The maximum atomic E-state index is 13.7. The molecule has 0 amide bonds. The van der Waals surface area contributed by atoms with Crippen LogP contribution in [0.1, 0.15) is 128 Å². The monoisotopic (exact) mass is 536 g/mol. The van der Waals surface area contributed by atoms with Crippen molar-refractivity contribution < 1.29 is 19.0 Å². The van der Waals surface area contributed by atoms with Crippen LogP contribution in [0.25, 0.3) is 6.08 Å². The lowest BCUT2D eigenvalue weighted by atomic mass is 10.0. The lowest BCUT2D eigenvalue weighted by molar-refractivity contribution is 0.103. The number of rotatable bonds is 19. The molecular weight excluding hydrogens is 484 g/mol. The van der Waals surface area contributed by atoms with Crippen molar-refractivity contribution in [2.45, 2.75) is 131 Å². The van der Waals surface area contributed by atoms with E-state index in [1.54, 1.807) is 6.08 Å². The third-order valence-corrected chi connectivity index (χ3v) is 7.20. The predicted octanol–water partition coefficient (Wildman–Crippen LogP) is 10.0. The molecule has 0 aliphatic heterocycles. The van der Waals surface area contributed by atoms with E-state index < -0.39 is 0 Å². The van der Waals surface area contributed by atoms with Crippen LogP contribution in [0.3, 0.4) is 0 Å². The average Bonchev–Trinajstić information content (AvgIpc) is 2.96. The molecule has 3 unspecified atom stereocenters. The standard InChI is InChI=1S/C35H52O4/c1-8-15-28(12-5)37-31-20-23-35(39-30(14-7)17-10-3)32(25-31)33(36)21-19-27-24-26(11-4)18-22-34(27)38-29(13-6)16-9-2/h18-25,28-30H,8-17H2,1-7H3/b21-19+. The van der Waals surface area contributed by atoms with Gasteiger partial charge in [0.1, 0.15) is 17.2 Å². The zero-order chi connectivity index (χ0) is 28.6. The molecular formula is C35H52O4. The minimum atomic E-state index is -0.0983. The molecule has 4 nitrogen and oxygen atoms in total. The molecule has 0 N–H and O–H groups in total. The number of ether oxygens (including phenoxy) is 3. The van der Waals surface area contributed by atoms with Gasteiger partial charge in [-0.15, -0.1) is 0 Å². The second-order valence-corrected chi connectivity index (χ2v) is 10.4. The lowest BCUT2D eigenvalue weighted by Crippen LogP contribution is -2.17. The molecule has 2 aromatic rings. The van der Waals surface area contributed by atoms with Crippen molar-refractivity contribution in [3.63, 3.8) is 0 Å². The van der Waals surface area contributed by atoms with E-state index in [1.807, 2.05) is 30.3 Å². The molecule has 4 heteroatoms. The van der Waals surface area contributed by atoms with Crippen molar-refractivity contribution in [1.82, 2.24) is 0 Å². The van der Waals surface area contributed by atoms with E-state index in [-0.39, 0.29) is 24.1 Å². The van der Waals surface area contributed by atoms with Gasteiger partial charge in [0, 0.05) is 5.56 Å². The van der Waals surface area contributed by atoms with E-state index in [1.165, 1.54) is 5.56 Å². The Morgan fingerprint density at radius 1 is 0.692 bits per heavy atom. The van der Waals surface area contributed by atoms with Crippen LogP contribution in [0.2, 0.25) is 0 Å². The van der Waals surface area contributed by atoms with Gasteiger partial charge in [0.2, 0.25) is 0 Å². The van der Waals surface area contributed by atoms with Crippen molar-refractivity contribution in [1.29, 1.82) is 0 Å². The summed E-state index contributed by atoms with van der Waals surface area (Å²) in [5.74, 6) is 2.06. The van der Waals surface area contributed by atoms with E-state index in [0.29, 0.717) is 17.1 Å². The lowest BCUT2D eigenvalue weighted by Gasteiger charge is -2.21. The Morgan fingerprint density at radius 2 is 1.23 bits per heavy atom. The zero-order valence-electron chi connectivity index (χ0n) is 25.6. The van der Waals surface area contributed by atoms with Gasteiger partial charge in [-0.3, -0.25) is 4.79 Å². The van der Waals surface area contributed by atoms with Gasteiger partial charge in [-0.1, -0.05) is 73.8 Å². The molecule has 2 aromatic carbocycles. The number of hydrogen-bond acceptors (Lipinski definition) is 4. The van der Waals surface area contributed by atoms with Gasteiger partial charge in [0.25, 0.3) is 0 Å². The smallest absolute Gasteiger partial charge is 0.189 e. The van der Waals surface area contributed by atoms with E-state index in [2.05, 4.69) is 60.6 Å². The van der Waals surface area contributed by atoms with E-state index in [0.717, 1.165) is 75.5 Å². The van der Waals surface area contributed by atoms with Crippen LogP contribution in [0.4, 0.5) is 0 Å². The number of benzene rings is 2. The maximum absolute atomic E-state index is 13.7. The van der Waals surface area contributed by atoms with Crippen molar-refractivity contribution >= 4 is 11.9 Å². The number of allylic oxidation sites excluding steroid dienone is 1. The summed E-state index contributed by atoms with van der Waals surface area (Å²) in [7, 11) is 0. The average molecular weight is 537 g/mol. The first-order valence-electron chi connectivity index (χ1n) is 15.4. The van der Waals surface area contributed by atoms with E-state index in [9.17, 15) is 4.79 Å². The van der Waals surface area contributed by atoms with Crippen LogP contribution < -0.4 is 14.2 Å². The predicted molar refractivity (Wildman–Crippen MR) is 164 cm³/mol. The SMILES string of the molecule is CCCC(CC)Oc1ccc(OC(CC)CCC)c(C(=O)/C=C/c2cc(CC)ccc2OC(CC)CCC)c1. The van der Waals surface area contributed by atoms with Gasteiger partial charge in [0.15, 0.2) is 5.78 Å². The Morgan fingerprint density at radius 3 is 1.77 bits per heavy atom. The maximum Gasteiger partial charge on any atom is 0.189 e. The highest BCUT2D eigenvalue weighted by Crippen LogP contribution is 2.30. The van der Waals surface area contributed by atoms with Gasteiger partial charge in [-0.25, -0.2) is 0 Å². The number of aryl methyl sites for hydroxylation is 1. The zero-order valence-corrected chi connectivity index (χ0v) is 25.6. The highest BCUT2D eigenvalue weighted by Gasteiger charge is 2.18. The largest absolute Gasteiger partial charge is 0.490 e. The fraction of sp³-hybridized carbons (Fsp3) is 0.571. The summed E-state index contributed by atoms with van der Waals surface area (Å²) in [6.07, 6.45) is 13.7. The summed E-state index contributed by atoms with van der Waals surface area (Å²) in [5, 5.41) is 0. The fourth-order valence-corrected chi connectivity index (χ4v) is 4.75. The fourth-order valence-electron chi connectivity index (χ4n) is 4.75. The molecule has 0 aliphatic carbocycles. The number of hydrogen-bond donors (Lipinski definition) is 0. The Bertz CT molecular complexity index is 1030. The van der Waals surface area contributed by atoms with Gasteiger partial charge < -0.3 is 14.2 Å². The second kappa shape index (κ2) is 17.8. The summed E-state index contributed by atoms with van der Waals surface area (Å²) >= 11 is 0. The number of ketones is 1. The Balaban J connectivity index is 2.44. The molecule has 0 bridgehead atoms. The second-order valence-electron chi connectivity index (χ2n) is 10.4. The number of carbonyl (C=O) groups excluding carboxylic acids is 1. The van der Waals surface area contributed by atoms with Crippen molar-refractivity contribution in [3.05, 3.63) is 59.2 Å². The normalized spacial score (nSPS) is 13.7. The minimum absolute atomic E-state index is 0.0755. The quantitative estimate of drug-likeness (QED) is 0.132. The first-order chi connectivity index (χ1) is 18.9. The van der Waals surface area contributed by atoms with Gasteiger partial charge in [0.05, 0.1) is 23.9 Å². The first kappa shape index (κ1) is 32.5. The molecule has 39 heavy (non-hydrogen) atoms. The van der Waals surface area contributed by atoms with Crippen LogP contribution in [0, 0.1) is 0 Å². The van der Waals surface area contributed by atoms with Crippen molar-refractivity contribution in [2.75, 3.05) is 0 Å². The van der Waals surface area contributed by atoms with Crippen LogP contribution in [0.15, 0.2) is 42.5 Å². The molecule has 2 rings (SSSR count). The van der Waals surface area contributed by atoms with Gasteiger partial charge in [-0.2, -0.15) is 0 Å². The topological polar surface area (TPSA) is 44.8 Å². The Kier molecular flexibility index (Phi) is 14.8. The molecule has 0 saturated heterocycles. The minimum Gasteiger partial charge on any atom is -0.490 e. The van der Waals surface area contributed by atoms with E-state index >= 15 is 0 Å². The van der Waals surface area contributed by atoms with Gasteiger partial charge in [-0.05, 0) is 93.0 Å². The molecule has 216 valence electrons. The molecule has 0 saturated carbocycles. The highest BCUT2D eigenvalue weighted by atomic mass is 16.5. The first-order valence-corrected chi connectivity index (χ1v) is 15.4. The molecule has 0 heterocycles. The van der Waals surface area contributed by atoms with Crippen molar-refractivity contribution in [2.24, 2.45) is 0 Å². The van der Waals surface area contributed by atoms with Crippen LogP contribution >= 0.6 is 0 Å². The molecule has 3 atom stereocenters. The Labute approximate surface area is 238 Å². The highest BCUT2D eigenvalue weighted by molar-refractivity contribution is 6.09.